The van der Waals surface area contributed by atoms with E-state index < -0.39 is 16.6 Å². The molecule has 0 saturated carbocycles. The van der Waals surface area contributed by atoms with E-state index in [9.17, 15) is 4.79 Å². The maximum atomic E-state index is 12.6. The van der Waals surface area contributed by atoms with Crippen LogP contribution < -0.4 is 24.8 Å². The zero-order valence-electron chi connectivity index (χ0n) is 13.1. The summed E-state index contributed by atoms with van der Waals surface area (Å²) in [6, 6.07) is 0. The third-order valence-corrected chi connectivity index (χ3v) is 7.78. The van der Waals surface area contributed by atoms with Gasteiger partial charge in [0.15, 0.2) is 14.1 Å². The molecule has 0 aromatic heterocycles. The molecule has 3 nitrogen and oxygen atoms in total. The maximum absolute atomic E-state index is 12.6. The zero-order valence-corrected chi connectivity index (χ0v) is 18.2. The summed E-state index contributed by atoms with van der Waals surface area (Å²) in [5.41, 5.74) is 1.68. The Kier molecular flexibility index (Phi) is 6.97. The number of carbonyl (C=O) groups excluding carboxylic acids is 1. The van der Waals surface area contributed by atoms with E-state index in [1.807, 2.05) is 6.08 Å². The van der Waals surface area contributed by atoms with Gasteiger partial charge in [-0.15, -0.1) is 28.1 Å². The van der Waals surface area contributed by atoms with Gasteiger partial charge in [-0.2, -0.15) is 0 Å². The molecule has 0 aromatic carbocycles. The SMILES string of the molecule is CO[Si]1(C)C2=[C-]C3=CC=C(O[Si](C)(C)C)C(=O)C3=C21.[Cl-].[Cl-].[Ti+3]. The average molecular weight is 408 g/mol. The standard InChI is InChI=1S/C14H17O3Si2.2ClH.Ti/c1-16-19(5)11-8-9-6-7-10(17-18(2,3)4)13(15)12(9)14(11)19;;;/h6-7H,1-5H3;2*1H;/q-1;;;+3/p-2. The quantitative estimate of drug-likeness (QED) is 0.361. The van der Waals surface area contributed by atoms with Gasteiger partial charge in [0.25, 0.3) is 0 Å². The van der Waals surface area contributed by atoms with Crippen molar-refractivity contribution in [1.82, 2.24) is 0 Å². The first-order valence-corrected chi connectivity index (χ1v) is 12.2. The summed E-state index contributed by atoms with van der Waals surface area (Å²) in [4.78, 5) is 12.6. The molecular weight excluding hydrogens is 391 g/mol. The Hall–Kier alpha value is 0.118. The number of hydrogen-bond donors (Lipinski definition) is 0. The summed E-state index contributed by atoms with van der Waals surface area (Å²) >= 11 is 0. The molecule has 0 amide bonds. The third kappa shape index (κ3) is 3.31. The average Bonchev–Trinajstić information content (AvgIpc) is 2.71. The number of ketones is 1. The van der Waals surface area contributed by atoms with Crippen LogP contribution in [0.15, 0.2) is 39.5 Å². The molecule has 1 unspecified atom stereocenters. The predicted octanol–water partition coefficient (Wildman–Crippen LogP) is -3.41. The number of hydrogen-bond acceptors (Lipinski definition) is 3. The molecule has 1 heterocycles. The molecule has 2 aliphatic carbocycles. The van der Waals surface area contributed by atoms with Gasteiger partial charge in [0, 0.05) is 7.11 Å². The Morgan fingerprint density at radius 2 is 1.77 bits per heavy atom. The van der Waals surface area contributed by atoms with Crippen LogP contribution in [0.2, 0.25) is 26.2 Å². The smallest absolute Gasteiger partial charge is 1.00 e. The molecule has 1 fully saturated rings. The first kappa shape index (κ1) is 22.1. The maximum Gasteiger partial charge on any atom is 3.00 e. The topological polar surface area (TPSA) is 35.5 Å². The Labute approximate surface area is 160 Å². The summed E-state index contributed by atoms with van der Waals surface area (Å²) in [5, 5.41) is 2.27. The molecule has 1 aliphatic heterocycles. The molecule has 0 bridgehead atoms. The van der Waals surface area contributed by atoms with Crippen molar-refractivity contribution in [3.8, 4) is 0 Å². The summed E-state index contributed by atoms with van der Waals surface area (Å²) < 4.78 is 11.5. The van der Waals surface area contributed by atoms with Gasteiger partial charge in [-0.25, -0.2) is 0 Å². The third-order valence-electron chi connectivity index (χ3n) is 3.60. The van der Waals surface area contributed by atoms with E-state index in [2.05, 4.69) is 32.3 Å². The van der Waals surface area contributed by atoms with Crippen molar-refractivity contribution in [2.24, 2.45) is 0 Å². The van der Waals surface area contributed by atoms with Gasteiger partial charge in [0.2, 0.25) is 8.32 Å². The number of rotatable bonds is 3. The molecule has 22 heavy (non-hydrogen) atoms. The normalized spacial score (nSPS) is 24.6. The van der Waals surface area contributed by atoms with Crippen molar-refractivity contribution >= 4 is 22.4 Å². The van der Waals surface area contributed by atoms with Gasteiger partial charge in [0.05, 0.1) is 0 Å². The first-order valence-electron chi connectivity index (χ1n) is 6.39. The molecule has 1 radical (unpaired) electrons. The van der Waals surface area contributed by atoms with Gasteiger partial charge in [-0.1, -0.05) is 11.6 Å². The molecule has 3 rings (SSSR count). The molecule has 1 atom stereocenters. The van der Waals surface area contributed by atoms with Crippen LogP contribution in [-0.2, 0) is 35.4 Å². The molecule has 8 heteroatoms. The molecule has 1 saturated heterocycles. The second kappa shape index (κ2) is 6.93. The van der Waals surface area contributed by atoms with Crippen LogP contribution in [-0.4, -0.2) is 29.5 Å². The van der Waals surface area contributed by atoms with Gasteiger partial charge in [-0.3, -0.25) is 4.79 Å². The number of allylic oxidation sites excluding steroid dienone is 7. The minimum atomic E-state index is -1.91. The summed E-state index contributed by atoms with van der Waals surface area (Å²) in [6.07, 6.45) is 7.03. The minimum absolute atomic E-state index is 0. The van der Waals surface area contributed by atoms with Gasteiger partial charge in [0.1, 0.15) is 5.76 Å². The number of halogens is 2. The van der Waals surface area contributed by atoms with Crippen molar-refractivity contribution in [1.29, 1.82) is 0 Å². The number of carbonyl (C=O) groups is 1. The van der Waals surface area contributed by atoms with Gasteiger partial charge >= 0.3 is 21.7 Å². The van der Waals surface area contributed by atoms with Crippen LogP contribution in [0, 0.1) is 6.08 Å². The van der Waals surface area contributed by atoms with Crippen molar-refractivity contribution in [2.45, 2.75) is 26.2 Å². The van der Waals surface area contributed by atoms with E-state index in [1.54, 1.807) is 13.2 Å². The summed E-state index contributed by atoms with van der Waals surface area (Å²) in [5.74, 6) is 0.485. The minimum Gasteiger partial charge on any atom is -1.00 e. The van der Waals surface area contributed by atoms with Crippen LogP contribution in [0.5, 0.6) is 0 Å². The summed E-state index contributed by atoms with van der Waals surface area (Å²) in [6.45, 7) is 8.34. The molecule has 0 aromatic rings. The zero-order chi connectivity index (χ0) is 14.0. The van der Waals surface area contributed by atoms with Crippen LogP contribution in [0.1, 0.15) is 0 Å². The Morgan fingerprint density at radius 3 is 2.27 bits per heavy atom. The van der Waals surface area contributed by atoms with E-state index in [0.717, 1.165) is 21.5 Å². The Morgan fingerprint density at radius 1 is 1.18 bits per heavy atom. The monoisotopic (exact) mass is 407 g/mol. The van der Waals surface area contributed by atoms with Crippen molar-refractivity contribution in [3.63, 3.8) is 0 Å². The fourth-order valence-electron chi connectivity index (χ4n) is 2.57. The fourth-order valence-corrected chi connectivity index (χ4v) is 6.33. The van der Waals surface area contributed by atoms with E-state index in [4.69, 9.17) is 8.85 Å². The summed E-state index contributed by atoms with van der Waals surface area (Å²) in [7, 11) is -1.96. The van der Waals surface area contributed by atoms with E-state index in [0.29, 0.717) is 5.76 Å². The van der Waals surface area contributed by atoms with E-state index >= 15 is 0 Å². The number of Topliss-reactive ketones (excluding diaryl/α,β-unsaturated/α-hetero) is 1. The van der Waals surface area contributed by atoms with Crippen LogP contribution in [0.25, 0.3) is 0 Å². The van der Waals surface area contributed by atoms with Crippen molar-refractivity contribution in [2.75, 3.05) is 7.11 Å². The van der Waals surface area contributed by atoms with Crippen LogP contribution >= 0.6 is 0 Å². The molecule has 0 N–H and O–H groups in total. The Balaban J connectivity index is 0.00000147. The molecule has 0 spiro atoms. The van der Waals surface area contributed by atoms with Crippen molar-refractivity contribution in [3.05, 3.63) is 45.5 Å². The van der Waals surface area contributed by atoms with E-state index in [1.165, 1.54) is 0 Å². The van der Waals surface area contributed by atoms with Crippen LogP contribution in [0.4, 0.5) is 0 Å². The second-order valence-corrected chi connectivity index (χ2v) is 14.0. The van der Waals surface area contributed by atoms with E-state index in [-0.39, 0.29) is 52.3 Å². The Bertz CT molecular complexity index is 632. The predicted molar refractivity (Wildman–Crippen MR) is 78.0 cm³/mol. The molecule has 117 valence electrons. The van der Waals surface area contributed by atoms with Crippen LogP contribution in [0.3, 0.4) is 0 Å². The second-order valence-electron chi connectivity index (χ2n) is 6.14. The molecular formula is C14H17Cl2O3Si2Ti. The largest absolute Gasteiger partial charge is 3.00 e. The fraction of sp³-hybridized carbons (Fsp3) is 0.357. The first-order chi connectivity index (χ1) is 8.78. The number of fused-ring (bicyclic) bond motifs is 2. The van der Waals surface area contributed by atoms with Gasteiger partial charge in [-0.05, 0) is 26.2 Å². The molecule has 3 aliphatic rings. The van der Waals surface area contributed by atoms with Crippen molar-refractivity contribution < 1.29 is 60.2 Å². The van der Waals surface area contributed by atoms with Gasteiger partial charge < -0.3 is 33.7 Å².